The third-order valence-electron chi connectivity index (χ3n) is 9.60. The molecule has 0 saturated heterocycles. The molecule has 11 unspecified atom stereocenters. The largest absolute Gasteiger partial charge is 0.0651 e. The fraction of sp³-hybridized carbons (Fsp3) is 1.00. The first-order valence-corrected chi connectivity index (χ1v) is 11.1. The van der Waals surface area contributed by atoms with Crippen molar-refractivity contribution in [1.29, 1.82) is 0 Å². The molecular formula is C23H40. The molecule has 0 aromatic rings. The molecule has 0 radical (unpaired) electrons. The number of rotatable bonds is 6. The zero-order valence-corrected chi connectivity index (χ0v) is 16.3. The lowest BCUT2D eigenvalue weighted by molar-refractivity contribution is -0.130. The first-order valence-electron chi connectivity index (χ1n) is 11.1. The topological polar surface area (TPSA) is 0 Å². The Balaban J connectivity index is 1.34. The molecule has 0 aliphatic heterocycles. The summed E-state index contributed by atoms with van der Waals surface area (Å²) >= 11 is 0. The summed E-state index contributed by atoms with van der Waals surface area (Å²) in [6.07, 6.45) is 10.7. The monoisotopic (exact) mass is 316 g/mol. The molecule has 4 aliphatic rings. The van der Waals surface area contributed by atoms with Crippen LogP contribution in [0, 0.1) is 65.1 Å². The zero-order valence-electron chi connectivity index (χ0n) is 16.3. The van der Waals surface area contributed by atoms with E-state index in [1.807, 2.05) is 0 Å². The van der Waals surface area contributed by atoms with Crippen molar-refractivity contribution in [2.24, 2.45) is 65.1 Å². The molecule has 132 valence electrons. The maximum atomic E-state index is 2.53. The predicted octanol–water partition coefficient (Wildman–Crippen LogP) is 6.65. The second-order valence-corrected chi connectivity index (χ2v) is 10.1. The van der Waals surface area contributed by atoms with Crippen LogP contribution in [0.2, 0.25) is 0 Å². The Morgan fingerprint density at radius 1 is 0.565 bits per heavy atom. The quantitative estimate of drug-likeness (QED) is 0.514. The first kappa shape index (κ1) is 16.5. The SMILES string of the molecule is CCC1CC1C1CC(C2CC(C3CC(C)C3C)C2CC)C1CC. The summed E-state index contributed by atoms with van der Waals surface area (Å²) < 4.78 is 0. The van der Waals surface area contributed by atoms with Crippen molar-refractivity contribution in [3.05, 3.63) is 0 Å². The summed E-state index contributed by atoms with van der Waals surface area (Å²) in [7, 11) is 0. The molecule has 23 heavy (non-hydrogen) atoms. The van der Waals surface area contributed by atoms with Crippen molar-refractivity contribution in [2.45, 2.75) is 79.6 Å². The molecule has 0 nitrogen and oxygen atoms in total. The smallest absolute Gasteiger partial charge is 0.0349 e. The van der Waals surface area contributed by atoms with Crippen molar-refractivity contribution >= 4 is 0 Å². The van der Waals surface area contributed by atoms with Gasteiger partial charge in [-0.3, -0.25) is 0 Å². The van der Waals surface area contributed by atoms with Crippen LogP contribution in [0.15, 0.2) is 0 Å². The van der Waals surface area contributed by atoms with Gasteiger partial charge in [0.05, 0.1) is 0 Å². The van der Waals surface area contributed by atoms with Crippen molar-refractivity contribution in [1.82, 2.24) is 0 Å². The van der Waals surface area contributed by atoms with Gasteiger partial charge in [-0.1, -0.05) is 53.9 Å². The molecule has 0 spiro atoms. The second kappa shape index (κ2) is 6.06. The first-order chi connectivity index (χ1) is 11.1. The number of hydrogen-bond acceptors (Lipinski definition) is 0. The van der Waals surface area contributed by atoms with E-state index in [2.05, 4.69) is 34.6 Å². The molecule has 0 bridgehead atoms. The summed E-state index contributed by atoms with van der Waals surface area (Å²) in [5.74, 6) is 12.1. The van der Waals surface area contributed by atoms with E-state index in [4.69, 9.17) is 0 Å². The average molecular weight is 317 g/mol. The minimum absolute atomic E-state index is 1.01. The van der Waals surface area contributed by atoms with E-state index in [1.54, 1.807) is 25.7 Å². The molecule has 0 aromatic heterocycles. The molecule has 0 aromatic carbocycles. The fourth-order valence-electron chi connectivity index (χ4n) is 7.67. The standard InChI is InChI=1S/C23H40/c1-6-15-10-19(15)21-12-23(17(21)8-3)22-11-20(16(22)7-2)18-9-13(4)14(18)5/h13-23H,6-12H2,1-5H3. The van der Waals surface area contributed by atoms with Gasteiger partial charge in [0.2, 0.25) is 0 Å². The van der Waals surface area contributed by atoms with Crippen molar-refractivity contribution < 1.29 is 0 Å². The van der Waals surface area contributed by atoms with Gasteiger partial charge in [-0.05, 0) is 90.8 Å². The highest BCUT2D eigenvalue weighted by Gasteiger charge is 2.59. The normalized spacial score (nSPS) is 58.0. The van der Waals surface area contributed by atoms with Crippen molar-refractivity contribution in [3.8, 4) is 0 Å². The molecule has 4 aliphatic carbocycles. The molecule has 0 amide bonds. The van der Waals surface area contributed by atoms with Gasteiger partial charge in [0.15, 0.2) is 0 Å². The molecule has 4 saturated carbocycles. The van der Waals surface area contributed by atoms with Crippen LogP contribution in [0.1, 0.15) is 79.6 Å². The van der Waals surface area contributed by atoms with Gasteiger partial charge in [0.1, 0.15) is 0 Å². The van der Waals surface area contributed by atoms with Gasteiger partial charge in [-0.15, -0.1) is 0 Å². The van der Waals surface area contributed by atoms with Gasteiger partial charge in [-0.2, -0.15) is 0 Å². The highest BCUT2D eigenvalue weighted by molar-refractivity contribution is 5.07. The molecule has 0 heteroatoms. The Bertz CT molecular complexity index is 426. The Labute approximate surface area is 145 Å². The van der Waals surface area contributed by atoms with E-state index in [9.17, 15) is 0 Å². The summed E-state index contributed by atoms with van der Waals surface area (Å²) in [6, 6.07) is 0. The van der Waals surface area contributed by atoms with Crippen molar-refractivity contribution in [3.63, 3.8) is 0 Å². The van der Waals surface area contributed by atoms with Crippen LogP contribution in [0.25, 0.3) is 0 Å². The maximum Gasteiger partial charge on any atom is -0.0349 e. The Morgan fingerprint density at radius 3 is 1.48 bits per heavy atom. The fourth-order valence-corrected chi connectivity index (χ4v) is 7.67. The molecule has 0 heterocycles. The maximum absolute atomic E-state index is 2.53. The van der Waals surface area contributed by atoms with Gasteiger partial charge < -0.3 is 0 Å². The summed E-state index contributed by atoms with van der Waals surface area (Å²) in [5, 5.41) is 0. The lowest BCUT2D eigenvalue weighted by atomic mass is 9.43. The van der Waals surface area contributed by atoms with Crippen LogP contribution in [-0.2, 0) is 0 Å². The third kappa shape index (κ3) is 2.44. The predicted molar refractivity (Wildman–Crippen MR) is 99.1 cm³/mol. The number of hydrogen-bond donors (Lipinski definition) is 0. The van der Waals surface area contributed by atoms with E-state index in [-0.39, 0.29) is 0 Å². The second-order valence-electron chi connectivity index (χ2n) is 10.1. The highest BCUT2D eigenvalue weighted by atomic mass is 14.6. The molecule has 4 fully saturated rings. The minimum atomic E-state index is 1.01. The van der Waals surface area contributed by atoms with E-state index in [1.165, 1.54) is 19.3 Å². The van der Waals surface area contributed by atoms with E-state index < -0.39 is 0 Å². The molecular weight excluding hydrogens is 276 g/mol. The Hall–Kier alpha value is 0. The van der Waals surface area contributed by atoms with Gasteiger partial charge >= 0.3 is 0 Å². The van der Waals surface area contributed by atoms with Crippen LogP contribution in [0.3, 0.4) is 0 Å². The van der Waals surface area contributed by atoms with Gasteiger partial charge in [-0.25, -0.2) is 0 Å². The van der Waals surface area contributed by atoms with Crippen molar-refractivity contribution in [2.75, 3.05) is 0 Å². The molecule has 11 atom stereocenters. The highest BCUT2D eigenvalue weighted by Crippen LogP contribution is 2.66. The molecule has 0 N–H and O–H groups in total. The van der Waals surface area contributed by atoms with E-state index in [0.717, 1.165) is 65.1 Å². The lowest BCUT2D eigenvalue weighted by Crippen LogP contribution is -2.55. The third-order valence-corrected chi connectivity index (χ3v) is 9.60. The lowest BCUT2D eigenvalue weighted by Gasteiger charge is -2.62. The van der Waals surface area contributed by atoms with Gasteiger partial charge in [0, 0.05) is 0 Å². The average Bonchev–Trinajstić information content (AvgIpc) is 3.27. The van der Waals surface area contributed by atoms with E-state index in [0.29, 0.717) is 0 Å². The van der Waals surface area contributed by atoms with E-state index >= 15 is 0 Å². The summed E-state index contributed by atoms with van der Waals surface area (Å²) in [4.78, 5) is 0. The summed E-state index contributed by atoms with van der Waals surface area (Å²) in [6.45, 7) is 12.4. The van der Waals surface area contributed by atoms with Crippen LogP contribution >= 0.6 is 0 Å². The van der Waals surface area contributed by atoms with Crippen LogP contribution in [0.5, 0.6) is 0 Å². The van der Waals surface area contributed by atoms with Crippen LogP contribution in [0.4, 0.5) is 0 Å². The van der Waals surface area contributed by atoms with Crippen LogP contribution < -0.4 is 0 Å². The summed E-state index contributed by atoms with van der Waals surface area (Å²) in [5.41, 5.74) is 0. The minimum Gasteiger partial charge on any atom is -0.0651 e. The zero-order chi connectivity index (χ0) is 16.3. The van der Waals surface area contributed by atoms with Gasteiger partial charge in [0.25, 0.3) is 0 Å². The molecule has 4 rings (SSSR count). The Kier molecular flexibility index (Phi) is 4.34. The van der Waals surface area contributed by atoms with Crippen LogP contribution in [-0.4, -0.2) is 0 Å². The Morgan fingerprint density at radius 2 is 1.09 bits per heavy atom.